The van der Waals surface area contributed by atoms with Crippen molar-refractivity contribution in [1.29, 1.82) is 0 Å². The van der Waals surface area contributed by atoms with Gasteiger partial charge in [0.15, 0.2) is 0 Å². The summed E-state index contributed by atoms with van der Waals surface area (Å²) >= 11 is 0. The van der Waals surface area contributed by atoms with Crippen LogP contribution in [0.25, 0.3) is 0 Å². The van der Waals surface area contributed by atoms with Gasteiger partial charge in [-0.1, -0.05) is 18.2 Å². The van der Waals surface area contributed by atoms with E-state index in [0.29, 0.717) is 5.56 Å². The van der Waals surface area contributed by atoms with Gasteiger partial charge in [0.1, 0.15) is 0 Å². The van der Waals surface area contributed by atoms with Gasteiger partial charge in [-0.3, -0.25) is 10.6 Å². The van der Waals surface area contributed by atoms with Crippen molar-refractivity contribution in [3.05, 3.63) is 59.7 Å². The zero-order valence-corrected chi connectivity index (χ0v) is 11.1. The highest BCUT2D eigenvalue weighted by Crippen LogP contribution is 2.19. The van der Waals surface area contributed by atoms with E-state index in [9.17, 15) is 4.79 Å². The van der Waals surface area contributed by atoms with E-state index in [-0.39, 0.29) is 5.91 Å². The average Bonchev–Trinajstić information content (AvgIpc) is 2.46. The van der Waals surface area contributed by atoms with Gasteiger partial charge in [0.25, 0.3) is 5.91 Å². The predicted molar refractivity (Wildman–Crippen MR) is 78.2 cm³/mol. The predicted octanol–water partition coefficient (Wildman–Crippen LogP) is 2.56. The molecule has 0 radical (unpaired) electrons. The van der Waals surface area contributed by atoms with Crippen LogP contribution in [0.15, 0.2) is 48.5 Å². The first-order valence-corrected chi connectivity index (χ1v) is 6.04. The van der Waals surface area contributed by atoms with Gasteiger partial charge >= 0.3 is 0 Å². The van der Waals surface area contributed by atoms with Crippen LogP contribution in [0.2, 0.25) is 0 Å². The lowest BCUT2D eigenvalue weighted by Gasteiger charge is -2.18. The summed E-state index contributed by atoms with van der Waals surface area (Å²) in [6.45, 7) is 1.90. The van der Waals surface area contributed by atoms with E-state index < -0.39 is 0 Å². The Balaban J connectivity index is 2.29. The highest BCUT2D eigenvalue weighted by atomic mass is 16.2. The van der Waals surface area contributed by atoms with Crippen LogP contribution in [0.3, 0.4) is 0 Å². The number of nitrogen functional groups attached to an aromatic ring is 1. The van der Waals surface area contributed by atoms with Gasteiger partial charge in [0.2, 0.25) is 0 Å². The number of hydrogen-bond donors (Lipinski definition) is 2. The standard InChI is InChI=1S/C15H17N3O/c1-11-10-12(17-16)8-9-14(11)15(19)18(2)13-6-4-3-5-7-13/h3-10,17H,16H2,1-2H3. The second-order valence-corrected chi connectivity index (χ2v) is 4.37. The van der Waals surface area contributed by atoms with Gasteiger partial charge in [-0.2, -0.15) is 0 Å². The number of rotatable bonds is 3. The first-order valence-electron chi connectivity index (χ1n) is 6.04. The molecule has 19 heavy (non-hydrogen) atoms. The fourth-order valence-corrected chi connectivity index (χ4v) is 1.94. The molecule has 1 amide bonds. The van der Waals surface area contributed by atoms with Gasteiger partial charge in [-0.05, 0) is 42.8 Å². The maximum Gasteiger partial charge on any atom is 0.258 e. The minimum Gasteiger partial charge on any atom is -0.324 e. The van der Waals surface area contributed by atoms with Crippen molar-refractivity contribution in [2.45, 2.75) is 6.92 Å². The van der Waals surface area contributed by atoms with Crippen LogP contribution in [-0.4, -0.2) is 13.0 Å². The van der Waals surface area contributed by atoms with E-state index in [0.717, 1.165) is 16.9 Å². The maximum atomic E-state index is 12.4. The summed E-state index contributed by atoms with van der Waals surface area (Å²) in [5, 5.41) is 0. The molecule has 0 saturated heterocycles. The first kappa shape index (κ1) is 13.1. The number of aryl methyl sites for hydroxylation is 1. The molecule has 0 aromatic heterocycles. The number of para-hydroxylation sites is 1. The van der Waals surface area contributed by atoms with Crippen LogP contribution < -0.4 is 16.2 Å². The summed E-state index contributed by atoms with van der Waals surface area (Å²) in [6, 6.07) is 15.0. The van der Waals surface area contributed by atoms with E-state index in [4.69, 9.17) is 5.84 Å². The molecule has 0 aliphatic heterocycles. The van der Waals surface area contributed by atoms with E-state index in [1.165, 1.54) is 0 Å². The molecule has 0 aliphatic rings. The fraction of sp³-hybridized carbons (Fsp3) is 0.133. The third-order valence-corrected chi connectivity index (χ3v) is 3.07. The van der Waals surface area contributed by atoms with Gasteiger partial charge in [-0.15, -0.1) is 0 Å². The number of amides is 1. The van der Waals surface area contributed by atoms with Gasteiger partial charge < -0.3 is 10.3 Å². The lowest BCUT2D eigenvalue weighted by molar-refractivity contribution is 0.0992. The van der Waals surface area contributed by atoms with Crippen molar-refractivity contribution in [2.75, 3.05) is 17.4 Å². The van der Waals surface area contributed by atoms with Crippen molar-refractivity contribution >= 4 is 17.3 Å². The van der Waals surface area contributed by atoms with Crippen molar-refractivity contribution < 1.29 is 4.79 Å². The molecule has 0 heterocycles. The molecule has 0 spiro atoms. The first-order chi connectivity index (χ1) is 9.13. The van der Waals surface area contributed by atoms with Crippen LogP contribution in [0.4, 0.5) is 11.4 Å². The van der Waals surface area contributed by atoms with Crippen LogP contribution >= 0.6 is 0 Å². The van der Waals surface area contributed by atoms with Crippen LogP contribution in [0.5, 0.6) is 0 Å². The normalized spacial score (nSPS) is 10.1. The molecule has 0 atom stereocenters. The molecule has 2 rings (SSSR count). The minimum absolute atomic E-state index is 0.0349. The molecular weight excluding hydrogens is 238 g/mol. The number of nitrogens with two attached hydrogens (primary N) is 1. The third-order valence-electron chi connectivity index (χ3n) is 3.07. The van der Waals surface area contributed by atoms with Crippen molar-refractivity contribution in [1.82, 2.24) is 0 Å². The molecule has 4 nitrogen and oxygen atoms in total. The van der Waals surface area contributed by atoms with Gasteiger partial charge in [0.05, 0.1) is 0 Å². The summed E-state index contributed by atoms with van der Waals surface area (Å²) in [5.74, 6) is 5.32. The van der Waals surface area contributed by atoms with Crippen LogP contribution in [-0.2, 0) is 0 Å². The summed E-state index contributed by atoms with van der Waals surface area (Å²) in [4.78, 5) is 14.1. The second kappa shape index (κ2) is 5.54. The lowest BCUT2D eigenvalue weighted by Crippen LogP contribution is -2.26. The summed E-state index contributed by atoms with van der Waals surface area (Å²) in [5.41, 5.74) is 5.79. The van der Waals surface area contributed by atoms with Gasteiger partial charge in [-0.25, -0.2) is 0 Å². The van der Waals surface area contributed by atoms with Crippen molar-refractivity contribution in [2.24, 2.45) is 5.84 Å². The second-order valence-electron chi connectivity index (χ2n) is 4.37. The Morgan fingerprint density at radius 2 is 1.84 bits per heavy atom. The monoisotopic (exact) mass is 255 g/mol. The van der Waals surface area contributed by atoms with Crippen molar-refractivity contribution in [3.8, 4) is 0 Å². The Morgan fingerprint density at radius 3 is 2.42 bits per heavy atom. The number of hydrogen-bond acceptors (Lipinski definition) is 3. The molecule has 0 aliphatic carbocycles. The molecule has 0 fully saturated rings. The third kappa shape index (κ3) is 2.74. The molecule has 0 unspecified atom stereocenters. The summed E-state index contributed by atoms with van der Waals surface area (Å²) < 4.78 is 0. The maximum absolute atomic E-state index is 12.4. The number of anilines is 2. The van der Waals surface area contributed by atoms with E-state index >= 15 is 0 Å². The lowest BCUT2D eigenvalue weighted by atomic mass is 10.1. The van der Waals surface area contributed by atoms with Gasteiger partial charge in [0, 0.05) is 24.0 Å². The average molecular weight is 255 g/mol. The Hall–Kier alpha value is -2.33. The molecule has 0 bridgehead atoms. The number of carbonyl (C=O) groups is 1. The Bertz CT molecular complexity index is 581. The van der Waals surface area contributed by atoms with Crippen LogP contribution in [0.1, 0.15) is 15.9 Å². The molecule has 3 N–H and O–H groups in total. The SMILES string of the molecule is Cc1cc(NN)ccc1C(=O)N(C)c1ccccc1. The summed E-state index contributed by atoms with van der Waals surface area (Å²) in [6.07, 6.45) is 0. The van der Waals surface area contributed by atoms with E-state index in [1.807, 2.05) is 43.3 Å². The zero-order valence-electron chi connectivity index (χ0n) is 11.1. The molecule has 2 aromatic rings. The molecule has 0 saturated carbocycles. The molecule has 2 aromatic carbocycles. The summed E-state index contributed by atoms with van der Waals surface area (Å²) in [7, 11) is 1.77. The van der Waals surface area contributed by atoms with E-state index in [1.54, 1.807) is 24.1 Å². The Labute approximate surface area is 112 Å². The Morgan fingerprint density at radius 1 is 1.16 bits per heavy atom. The fourth-order valence-electron chi connectivity index (χ4n) is 1.94. The smallest absolute Gasteiger partial charge is 0.258 e. The topological polar surface area (TPSA) is 58.4 Å². The molecular formula is C15H17N3O. The number of benzene rings is 2. The van der Waals surface area contributed by atoms with Crippen LogP contribution in [0, 0.1) is 6.92 Å². The largest absolute Gasteiger partial charge is 0.324 e. The number of nitrogens with one attached hydrogen (secondary N) is 1. The van der Waals surface area contributed by atoms with Crippen molar-refractivity contribution in [3.63, 3.8) is 0 Å². The quantitative estimate of drug-likeness (QED) is 0.654. The highest BCUT2D eigenvalue weighted by molar-refractivity contribution is 6.06. The highest BCUT2D eigenvalue weighted by Gasteiger charge is 2.15. The zero-order chi connectivity index (χ0) is 13.8. The van der Waals surface area contributed by atoms with E-state index in [2.05, 4.69) is 5.43 Å². The number of carbonyl (C=O) groups excluding carboxylic acids is 1. The molecule has 98 valence electrons. The Kier molecular flexibility index (Phi) is 3.82. The number of nitrogens with zero attached hydrogens (tertiary/aromatic N) is 1. The molecule has 4 heteroatoms. The minimum atomic E-state index is -0.0349. The number of hydrazine groups is 1.